The molecule has 1 N–H and O–H groups in total. The van der Waals surface area contributed by atoms with Crippen molar-refractivity contribution in [2.24, 2.45) is 0 Å². The Morgan fingerprint density at radius 2 is 1.88 bits per heavy atom. The molecule has 0 radical (unpaired) electrons. The summed E-state index contributed by atoms with van der Waals surface area (Å²) in [5.41, 5.74) is 0.995. The quantitative estimate of drug-likeness (QED) is 0.745. The number of rotatable bonds is 7. The highest BCUT2D eigenvalue weighted by Crippen LogP contribution is 2.21. The monoisotopic (exact) mass is 382 g/mol. The average Bonchev–Trinajstić information content (AvgIpc) is 2.61. The number of halogens is 1. The fraction of sp³-hybridized carbons (Fsp3) is 0.235. The van der Waals surface area contributed by atoms with Gasteiger partial charge in [0.1, 0.15) is 0 Å². The molecule has 0 aliphatic heterocycles. The van der Waals surface area contributed by atoms with Crippen LogP contribution >= 0.6 is 11.6 Å². The summed E-state index contributed by atoms with van der Waals surface area (Å²) < 4.78 is 31.9. The van der Waals surface area contributed by atoms with E-state index in [9.17, 15) is 13.2 Å². The van der Waals surface area contributed by atoms with Gasteiger partial charge in [-0.1, -0.05) is 29.8 Å². The van der Waals surface area contributed by atoms with Gasteiger partial charge in [-0.2, -0.15) is 0 Å². The van der Waals surface area contributed by atoms with Crippen LogP contribution in [0.1, 0.15) is 10.4 Å². The first-order valence-electron chi connectivity index (χ1n) is 7.49. The van der Waals surface area contributed by atoms with Crippen molar-refractivity contribution in [1.82, 2.24) is 4.72 Å². The third-order valence-electron chi connectivity index (χ3n) is 3.59. The second-order valence-corrected chi connectivity index (χ2v) is 7.46. The second-order valence-electron chi connectivity index (χ2n) is 5.29. The van der Waals surface area contributed by atoms with Crippen molar-refractivity contribution >= 4 is 33.3 Å². The minimum Gasteiger partial charge on any atom is -0.465 e. The van der Waals surface area contributed by atoms with Crippen molar-refractivity contribution < 1.29 is 17.9 Å². The van der Waals surface area contributed by atoms with Crippen LogP contribution in [0, 0.1) is 0 Å². The molecule has 6 nitrogen and oxygen atoms in total. The number of esters is 1. The van der Waals surface area contributed by atoms with Gasteiger partial charge in [0, 0.05) is 25.8 Å². The van der Waals surface area contributed by atoms with Crippen LogP contribution in [0.3, 0.4) is 0 Å². The van der Waals surface area contributed by atoms with Crippen LogP contribution in [0.25, 0.3) is 0 Å². The van der Waals surface area contributed by atoms with Crippen LogP contribution in [0.4, 0.5) is 5.69 Å². The number of para-hydroxylation sites is 1. The van der Waals surface area contributed by atoms with Crippen LogP contribution in [0.2, 0.25) is 5.02 Å². The lowest BCUT2D eigenvalue weighted by Crippen LogP contribution is -2.33. The van der Waals surface area contributed by atoms with E-state index in [-0.39, 0.29) is 22.0 Å². The highest BCUT2D eigenvalue weighted by molar-refractivity contribution is 7.89. The van der Waals surface area contributed by atoms with Crippen molar-refractivity contribution in [3.05, 3.63) is 59.1 Å². The topological polar surface area (TPSA) is 75.7 Å². The lowest BCUT2D eigenvalue weighted by atomic mass is 10.2. The van der Waals surface area contributed by atoms with E-state index < -0.39 is 16.0 Å². The molecular weight excluding hydrogens is 364 g/mol. The van der Waals surface area contributed by atoms with Crippen LogP contribution in [-0.4, -0.2) is 41.6 Å². The predicted octanol–water partition coefficient (Wildman–Crippen LogP) is 2.54. The molecule has 2 aromatic rings. The Morgan fingerprint density at radius 1 is 1.20 bits per heavy atom. The molecule has 0 heterocycles. The van der Waals surface area contributed by atoms with Gasteiger partial charge in [-0.3, -0.25) is 0 Å². The maximum atomic E-state index is 12.4. The normalized spacial score (nSPS) is 11.2. The van der Waals surface area contributed by atoms with Gasteiger partial charge < -0.3 is 9.64 Å². The highest BCUT2D eigenvalue weighted by Gasteiger charge is 2.19. The number of hydrogen-bond acceptors (Lipinski definition) is 5. The van der Waals surface area contributed by atoms with Crippen LogP contribution in [0.5, 0.6) is 0 Å². The van der Waals surface area contributed by atoms with Crippen molar-refractivity contribution in [1.29, 1.82) is 0 Å². The molecule has 2 aromatic carbocycles. The van der Waals surface area contributed by atoms with Gasteiger partial charge >= 0.3 is 5.97 Å². The molecule has 0 amide bonds. The number of carbonyl (C=O) groups is 1. The number of sulfonamides is 1. The number of hydrogen-bond donors (Lipinski definition) is 1. The zero-order valence-corrected chi connectivity index (χ0v) is 15.5. The number of ether oxygens (including phenoxy) is 1. The summed E-state index contributed by atoms with van der Waals surface area (Å²) in [6, 6.07) is 13.5. The highest BCUT2D eigenvalue weighted by atomic mass is 35.5. The van der Waals surface area contributed by atoms with Gasteiger partial charge in [-0.05, 0) is 30.3 Å². The third-order valence-corrected chi connectivity index (χ3v) is 5.38. The largest absolute Gasteiger partial charge is 0.465 e. The molecule has 0 aromatic heterocycles. The molecule has 0 aliphatic rings. The smallest absolute Gasteiger partial charge is 0.339 e. The molecule has 0 bridgehead atoms. The minimum absolute atomic E-state index is 0.00782. The number of nitrogens with zero attached hydrogens (tertiary/aromatic N) is 1. The molecule has 0 aliphatic carbocycles. The fourth-order valence-electron chi connectivity index (χ4n) is 2.18. The predicted molar refractivity (Wildman–Crippen MR) is 97.7 cm³/mol. The van der Waals surface area contributed by atoms with Gasteiger partial charge in [0.2, 0.25) is 10.0 Å². The van der Waals surface area contributed by atoms with Gasteiger partial charge in [-0.15, -0.1) is 0 Å². The molecule has 134 valence electrons. The van der Waals surface area contributed by atoms with E-state index in [1.807, 2.05) is 42.3 Å². The van der Waals surface area contributed by atoms with E-state index in [0.29, 0.717) is 6.54 Å². The summed E-state index contributed by atoms with van der Waals surface area (Å²) in [7, 11) is -0.680. The fourth-order valence-corrected chi connectivity index (χ4v) is 3.42. The van der Waals surface area contributed by atoms with E-state index in [1.165, 1.54) is 25.3 Å². The summed E-state index contributed by atoms with van der Waals surface area (Å²) in [6.07, 6.45) is 0. The SMILES string of the molecule is COC(=O)c1cc(S(=O)(=O)NCCN(C)c2ccccc2)ccc1Cl. The summed E-state index contributed by atoms with van der Waals surface area (Å²) in [4.78, 5) is 13.5. The Labute approximate surface area is 152 Å². The molecule has 2 rings (SSSR count). The van der Waals surface area contributed by atoms with E-state index in [4.69, 9.17) is 11.6 Å². The molecule has 0 saturated carbocycles. The van der Waals surface area contributed by atoms with Crippen molar-refractivity contribution in [3.63, 3.8) is 0 Å². The number of nitrogens with one attached hydrogen (secondary N) is 1. The van der Waals surface area contributed by atoms with Gasteiger partial charge in [0.15, 0.2) is 0 Å². The number of carbonyl (C=O) groups excluding carboxylic acids is 1. The maximum absolute atomic E-state index is 12.4. The second kappa shape index (κ2) is 8.33. The summed E-state index contributed by atoms with van der Waals surface area (Å²) >= 11 is 5.91. The summed E-state index contributed by atoms with van der Waals surface area (Å²) in [6.45, 7) is 0.699. The molecule has 0 saturated heterocycles. The Balaban J connectivity index is 2.05. The molecular formula is C17H19ClN2O4S. The average molecular weight is 383 g/mol. The first-order chi connectivity index (χ1) is 11.8. The zero-order valence-electron chi connectivity index (χ0n) is 13.9. The maximum Gasteiger partial charge on any atom is 0.339 e. The number of anilines is 1. The Hall–Kier alpha value is -2.09. The molecule has 8 heteroatoms. The molecule has 0 atom stereocenters. The van der Waals surface area contributed by atoms with Crippen molar-refractivity contribution in [2.75, 3.05) is 32.1 Å². The zero-order chi connectivity index (χ0) is 18.4. The van der Waals surface area contributed by atoms with Gasteiger partial charge in [-0.25, -0.2) is 17.9 Å². The summed E-state index contributed by atoms with van der Waals surface area (Å²) in [5.74, 6) is -0.689. The molecule has 25 heavy (non-hydrogen) atoms. The van der Waals surface area contributed by atoms with Crippen LogP contribution in [0.15, 0.2) is 53.4 Å². The van der Waals surface area contributed by atoms with E-state index >= 15 is 0 Å². The number of methoxy groups -OCH3 is 1. The molecule has 0 unspecified atom stereocenters. The lowest BCUT2D eigenvalue weighted by Gasteiger charge is -2.19. The first-order valence-corrected chi connectivity index (χ1v) is 9.35. The van der Waals surface area contributed by atoms with Gasteiger partial charge in [0.25, 0.3) is 0 Å². The van der Waals surface area contributed by atoms with Crippen LogP contribution in [-0.2, 0) is 14.8 Å². The van der Waals surface area contributed by atoms with E-state index in [2.05, 4.69) is 9.46 Å². The Kier molecular flexibility index (Phi) is 6.41. The molecule has 0 fully saturated rings. The third kappa shape index (κ3) is 4.94. The van der Waals surface area contributed by atoms with E-state index in [0.717, 1.165) is 5.69 Å². The van der Waals surface area contributed by atoms with Crippen molar-refractivity contribution in [3.8, 4) is 0 Å². The molecule has 0 spiro atoms. The van der Waals surface area contributed by atoms with E-state index in [1.54, 1.807) is 0 Å². The first kappa shape index (κ1) is 19.2. The minimum atomic E-state index is -3.76. The van der Waals surface area contributed by atoms with Crippen molar-refractivity contribution in [2.45, 2.75) is 4.90 Å². The van der Waals surface area contributed by atoms with Gasteiger partial charge in [0.05, 0.1) is 22.6 Å². The number of likely N-dealkylation sites (N-methyl/N-ethyl adjacent to an activating group) is 1. The Morgan fingerprint density at radius 3 is 2.52 bits per heavy atom. The Bertz CT molecular complexity index is 841. The standard InChI is InChI=1S/C17H19ClN2O4S/c1-20(13-6-4-3-5-7-13)11-10-19-25(22,23)14-8-9-16(18)15(12-14)17(21)24-2/h3-9,12,19H,10-11H2,1-2H3. The van der Waals surface area contributed by atoms with Crippen LogP contribution < -0.4 is 9.62 Å². The summed E-state index contributed by atoms with van der Waals surface area (Å²) in [5, 5.41) is 0.134. The number of benzene rings is 2. The lowest BCUT2D eigenvalue weighted by molar-refractivity contribution is 0.0600.